The van der Waals surface area contributed by atoms with Gasteiger partial charge in [0.1, 0.15) is 0 Å². The number of hydrazine groups is 1. The van der Waals surface area contributed by atoms with Crippen LogP contribution in [0.2, 0.25) is 5.02 Å². The van der Waals surface area contributed by atoms with Crippen LogP contribution in [0, 0.1) is 46.3 Å². The highest BCUT2D eigenvalue weighted by molar-refractivity contribution is 6.31. The number of halogens is 1. The van der Waals surface area contributed by atoms with E-state index in [-0.39, 0.29) is 23.7 Å². The van der Waals surface area contributed by atoms with Crippen molar-refractivity contribution in [1.82, 2.24) is 0 Å². The number of carbonyl (C=O) groups excluding carboxylic acids is 1. The molecule has 1 aromatic carbocycles. The Labute approximate surface area is 216 Å². The van der Waals surface area contributed by atoms with Crippen LogP contribution in [0.5, 0.6) is 0 Å². The number of hydrogen-bond acceptors (Lipinski definition) is 5. The molecule has 6 heteroatoms. The van der Waals surface area contributed by atoms with Gasteiger partial charge in [-0.2, -0.15) is 0 Å². The zero-order valence-corrected chi connectivity index (χ0v) is 22.5. The molecule has 0 saturated heterocycles. The largest absolute Gasteiger partial charge is 0.397 e. The van der Waals surface area contributed by atoms with Crippen LogP contribution in [0.25, 0.3) is 0 Å². The zero-order valence-electron chi connectivity index (χ0n) is 21.8. The van der Waals surface area contributed by atoms with E-state index in [0.717, 1.165) is 43.1 Å². The Bertz CT molecular complexity index is 956. The van der Waals surface area contributed by atoms with Crippen LogP contribution in [0.4, 0.5) is 11.4 Å². The monoisotopic (exact) mass is 501 g/mol. The number of nitrogen functional groups attached to an aromatic ring is 1. The second-order valence-electron chi connectivity index (χ2n) is 12.7. The van der Waals surface area contributed by atoms with E-state index in [4.69, 9.17) is 27.9 Å². The summed E-state index contributed by atoms with van der Waals surface area (Å²) in [5.74, 6) is 10.4. The molecule has 0 radical (unpaired) electrons. The van der Waals surface area contributed by atoms with Gasteiger partial charge >= 0.3 is 0 Å². The lowest BCUT2D eigenvalue weighted by Gasteiger charge is -2.62. The second-order valence-corrected chi connectivity index (χ2v) is 13.1. The number of ketones is 1. The van der Waals surface area contributed by atoms with Crippen LogP contribution in [-0.4, -0.2) is 26.0 Å². The molecular formula is C29H44ClN3O2. The fourth-order valence-electron chi connectivity index (χ4n) is 9.47. The minimum atomic E-state index is 0.0715. The highest BCUT2D eigenvalue weighted by atomic mass is 35.5. The molecule has 5 rings (SSSR count). The molecule has 0 heterocycles. The first-order valence-electron chi connectivity index (χ1n) is 13.8. The molecule has 4 fully saturated rings. The third kappa shape index (κ3) is 4.20. The summed E-state index contributed by atoms with van der Waals surface area (Å²) in [5, 5.41) is 2.06. The highest BCUT2D eigenvalue weighted by Gasteiger charge is 2.62. The first-order valence-corrected chi connectivity index (χ1v) is 14.2. The first-order chi connectivity index (χ1) is 16.7. The summed E-state index contributed by atoms with van der Waals surface area (Å²) in [6.07, 6.45) is 11.2. The van der Waals surface area contributed by atoms with Crippen molar-refractivity contribution < 1.29 is 9.53 Å². The van der Waals surface area contributed by atoms with Crippen molar-refractivity contribution in [2.45, 2.75) is 71.6 Å². The van der Waals surface area contributed by atoms with Crippen molar-refractivity contribution in [2.24, 2.45) is 52.2 Å². The van der Waals surface area contributed by atoms with Gasteiger partial charge in [0.2, 0.25) is 0 Å². The number of rotatable bonds is 6. The number of carbonyl (C=O) groups is 1. The Morgan fingerprint density at radius 1 is 1.14 bits per heavy atom. The molecule has 0 spiro atoms. The molecular weight excluding hydrogens is 458 g/mol. The summed E-state index contributed by atoms with van der Waals surface area (Å²) < 4.78 is 5.93. The molecule has 4 N–H and O–H groups in total. The fraction of sp³-hybridized carbons (Fsp3) is 0.759. The Morgan fingerprint density at radius 3 is 2.71 bits per heavy atom. The fourth-order valence-corrected chi connectivity index (χ4v) is 9.64. The number of fused-ring (bicyclic) bond motifs is 5. The molecule has 4 aliphatic carbocycles. The van der Waals surface area contributed by atoms with Gasteiger partial charge in [0.05, 0.1) is 24.5 Å². The summed E-state index contributed by atoms with van der Waals surface area (Å²) in [6, 6.07) is 5.23. The Morgan fingerprint density at radius 2 is 1.94 bits per heavy atom. The lowest BCUT2D eigenvalue weighted by atomic mass is 9.44. The third-order valence-electron chi connectivity index (χ3n) is 11.1. The van der Waals surface area contributed by atoms with Crippen molar-refractivity contribution in [3.63, 3.8) is 0 Å². The summed E-state index contributed by atoms with van der Waals surface area (Å²) in [6.45, 7) is 5.95. The quantitative estimate of drug-likeness (QED) is 0.280. The van der Waals surface area contributed by atoms with Crippen molar-refractivity contribution in [3.05, 3.63) is 23.2 Å². The molecule has 8 atom stereocenters. The number of ether oxygens (including phenoxy) is 1. The van der Waals surface area contributed by atoms with E-state index < -0.39 is 0 Å². The summed E-state index contributed by atoms with van der Waals surface area (Å²) in [7, 11) is 1.90. The smallest absolute Gasteiger partial charge is 0.157 e. The maximum Gasteiger partial charge on any atom is 0.157 e. The average Bonchev–Trinajstić information content (AvgIpc) is 3.18. The van der Waals surface area contributed by atoms with Gasteiger partial charge in [0.25, 0.3) is 0 Å². The molecule has 0 bridgehead atoms. The van der Waals surface area contributed by atoms with Gasteiger partial charge in [-0.3, -0.25) is 4.79 Å². The van der Waals surface area contributed by atoms with E-state index in [0.29, 0.717) is 27.7 Å². The maximum absolute atomic E-state index is 13.7. The maximum atomic E-state index is 13.7. The van der Waals surface area contributed by atoms with Crippen molar-refractivity contribution in [2.75, 3.05) is 31.0 Å². The van der Waals surface area contributed by atoms with Crippen LogP contribution < -0.4 is 16.6 Å². The second kappa shape index (κ2) is 9.54. The van der Waals surface area contributed by atoms with Gasteiger partial charge in [0.15, 0.2) is 5.78 Å². The Kier molecular flexibility index (Phi) is 6.91. The van der Waals surface area contributed by atoms with Gasteiger partial charge in [-0.05, 0) is 110 Å². The SMILES string of the molecule is COCC12CCC(C)CC1CCC1C2CCC2(C)C1CC[C@@H]2C(=O)CN(N)c1cc(Cl)ccc1N. The number of nitrogens with two attached hydrogens (primary N) is 2. The van der Waals surface area contributed by atoms with Gasteiger partial charge < -0.3 is 15.5 Å². The van der Waals surface area contributed by atoms with Crippen LogP contribution in [0.1, 0.15) is 71.6 Å². The van der Waals surface area contributed by atoms with Gasteiger partial charge in [-0.25, -0.2) is 5.84 Å². The van der Waals surface area contributed by atoms with Crippen LogP contribution >= 0.6 is 11.6 Å². The number of methoxy groups -OCH3 is 1. The number of Topliss-reactive ketones (excluding diaryl/α,β-unsaturated/α-hetero) is 1. The van der Waals surface area contributed by atoms with Gasteiger partial charge in [0, 0.05) is 18.1 Å². The van der Waals surface area contributed by atoms with Gasteiger partial charge in [-0.15, -0.1) is 0 Å². The number of hydrogen-bond donors (Lipinski definition) is 2. The van der Waals surface area contributed by atoms with E-state index in [1.807, 2.05) is 7.11 Å². The molecule has 35 heavy (non-hydrogen) atoms. The number of benzene rings is 1. The van der Waals surface area contributed by atoms with Crippen molar-refractivity contribution in [3.8, 4) is 0 Å². The minimum absolute atomic E-state index is 0.0715. The van der Waals surface area contributed by atoms with Crippen LogP contribution in [0.3, 0.4) is 0 Å². The zero-order chi connectivity index (χ0) is 25.0. The molecule has 194 valence electrons. The van der Waals surface area contributed by atoms with Crippen LogP contribution in [-0.2, 0) is 9.53 Å². The van der Waals surface area contributed by atoms with E-state index in [9.17, 15) is 4.79 Å². The lowest BCUT2D eigenvalue weighted by molar-refractivity contribution is -0.154. The number of nitrogens with zero attached hydrogens (tertiary/aromatic N) is 1. The standard InChI is InChI=1S/C29H44ClN3O2/c1-18-10-13-29(17-35-3)19(14-18)4-6-21-22-7-8-24(28(22,2)12-11-23(21)29)27(34)16-33(32)26-15-20(30)5-9-25(26)31/h5,9,15,18-19,21-24H,4,6-8,10-14,16-17,31-32H2,1-3H3/t18?,19?,21?,22?,23?,24-,28?,29?/m1/s1. The Balaban J connectivity index is 1.34. The third-order valence-corrected chi connectivity index (χ3v) is 11.3. The summed E-state index contributed by atoms with van der Waals surface area (Å²) >= 11 is 6.16. The first kappa shape index (κ1) is 25.4. The van der Waals surface area contributed by atoms with Gasteiger partial charge in [-0.1, -0.05) is 31.9 Å². The van der Waals surface area contributed by atoms with E-state index in [1.54, 1.807) is 18.2 Å². The van der Waals surface area contributed by atoms with Crippen molar-refractivity contribution in [1.29, 1.82) is 0 Å². The molecule has 4 aliphatic rings. The average molecular weight is 502 g/mol. The predicted molar refractivity (Wildman–Crippen MR) is 143 cm³/mol. The molecule has 5 nitrogen and oxygen atoms in total. The summed E-state index contributed by atoms with van der Waals surface area (Å²) in [5.41, 5.74) is 7.72. The highest BCUT2D eigenvalue weighted by Crippen LogP contribution is 2.68. The Hall–Kier alpha value is -1.30. The predicted octanol–water partition coefficient (Wildman–Crippen LogP) is 6.09. The van der Waals surface area contributed by atoms with Crippen molar-refractivity contribution >= 4 is 28.8 Å². The van der Waals surface area contributed by atoms with E-state index >= 15 is 0 Å². The topological polar surface area (TPSA) is 81.6 Å². The minimum Gasteiger partial charge on any atom is -0.397 e. The molecule has 4 saturated carbocycles. The molecule has 0 aliphatic heterocycles. The number of anilines is 2. The molecule has 1 aromatic rings. The molecule has 0 amide bonds. The van der Waals surface area contributed by atoms with E-state index in [2.05, 4.69) is 13.8 Å². The van der Waals surface area contributed by atoms with E-state index in [1.165, 1.54) is 50.0 Å². The molecule has 0 aromatic heterocycles. The van der Waals surface area contributed by atoms with Crippen LogP contribution in [0.15, 0.2) is 18.2 Å². The lowest BCUT2D eigenvalue weighted by Crippen LogP contribution is -2.56. The normalized spacial score (nSPS) is 40.5. The molecule has 7 unspecified atom stereocenters. The summed E-state index contributed by atoms with van der Waals surface area (Å²) in [4.78, 5) is 13.7.